The number of ether oxygens (including phenoxy) is 1. The van der Waals surface area contributed by atoms with Gasteiger partial charge in [-0.2, -0.15) is 13.2 Å². The molecule has 1 atom stereocenters. The van der Waals surface area contributed by atoms with Gasteiger partial charge < -0.3 is 10.1 Å². The highest BCUT2D eigenvalue weighted by Gasteiger charge is 2.37. The molecule has 0 bridgehead atoms. The maximum absolute atomic E-state index is 12.1. The lowest BCUT2D eigenvalue weighted by molar-refractivity contribution is -0.154. The molecule has 0 aromatic rings. The Balaban J connectivity index is 2.30. The van der Waals surface area contributed by atoms with Crippen LogP contribution in [0.15, 0.2) is 0 Å². The van der Waals surface area contributed by atoms with Gasteiger partial charge in [0.1, 0.15) is 6.04 Å². The van der Waals surface area contributed by atoms with E-state index in [2.05, 4.69) is 5.32 Å². The molecule has 0 amide bonds. The third-order valence-corrected chi connectivity index (χ3v) is 2.20. The molecule has 1 aliphatic rings. The van der Waals surface area contributed by atoms with Crippen LogP contribution in [0.5, 0.6) is 0 Å². The van der Waals surface area contributed by atoms with Gasteiger partial charge in [-0.25, -0.2) is 0 Å². The van der Waals surface area contributed by atoms with Crippen molar-refractivity contribution in [1.29, 1.82) is 0 Å². The largest absolute Gasteiger partial charge is 0.403 e. The molecule has 0 radical (unpaired) electrons. The van der Waals surface area contributed by atoms with Gasteiger partial charge in [0.25, 0.3) is 0 Å². The van der Waals surface area contributed by atoms with Crippen LogP contribution in [0.3, 0.4) is 0 Å². The van der Waals surface area contributed by atoms with E-state index >= 15 is 0 Å². The standard InChI is InChI=1S/C8H14F3NO/c1-6(8(9,10)11)12-7-2-4-13-5-3-7/h6-7,12H,2-5H2,1H3. The van der Waals surface area contributed by atoms with E-state index in [1.807, 2.05) is 0 Å². The molecule has 1 fully saturated rings. The summed E-state index contributed by atoms with van der Waals surface area (Å²) < 4.78 is 41.4. The summed E-state index contributed by atoms with van der Waals surface area (Å²) in [5.74, 6) is 0. The van der Waals surface area contributed by atoms with Crippen molar-refractivity contribution in [3.05, 3.63) is 0 Å². The predicted molar refractivity (Wildman–Crippen MR) is 42.5 cm³/mol. The van der Waals surface area contributed by atoms with Crippen molar-refractivity contribution in [3.8, 4) is 0 Å². The average Bonchev–Trinajstić information content (AvgIpc) is 2.04. The molecule has 1 N–H and O–H groups in total. The molecule has 0 aromatic carbocycles. The quantitative estimate of drug-likeness (QED) is 0.727. The van der Waals surface area contributed by atoms with Gasteiger partial charge in [-0.15, -0.1) is 0 Å². The molecule has 1 heterocycles. The van der Waals surface area contributed by atoms with Crippen molar-refractivity contribution in [3.63, 3.8) is 0 Å². The fourth-order valence-electron chi connectivity index (χ4n) is 1.31. The minimum atomic E-state index is -4.14. The zero-order valence-corrected chi connectivity index (χ0v) is 7.53. The number of halogens is 3. The molecular weight excluding hydrogens is 183 g/mol. The van der Waals surface area contributed by atoms with E-state index in [-0.39, 0.29) is 6.04 Å². The lowest BCUT2D eigenvalue weighted by atomic mass is 10.1. The highest BCUT2D eigenvalue weighted by molar-refractivity contribution is 4.77. The van der Waals surface area contributed by atoms with E-state index in [1.165, 1.54) is 0 Å². The van der Waals surface area contributed by atoms with E-state index < -0.39 is 12.2 Å². The topological polar surface area (TPSA) is 21.3 Å². The molecule has 0 aliphatic carbocycles. The second-order valence-electron chi connectivity index (χ2n) is 3.32. The smallest absolute Gasteiger partial charge is 0.381 e. The molecule has 1 rings (SSSR count). The van der Waals surface area contributed by atoms with Gasteiger partial charge in [-0.3, -0.25) is 0 Å². The van der Waals surface area contributed by atoms with Crippen LogP contribution in [0, 0.1) is 0 Å². The molecular formula is C8H14F3NO. The van der Waals surface area contributed by atoms with Crippen molar-refractivity contribution < 1.29 is 17.9 Å². The summed E-state index contributed by atoms with van der Waals surface area (Å²) >= 11 is 0. The van der Waals surface area contributed by atoms with Crippen LogP contribution in [0.2, 0.25) is 0 Å². The molecule has 0 spiro atoms. The first-order valence-corrected chi connectivity index (χ1v) is 4.40. The van der Waals surface area contributed by atoms with Crippen LogP contribution >= 0.6 is 0 Å². The molecule has 1 unspecified atom stereocenters. The van der Waals surface area contributed by atoms with Gasteiger partial charge in [-0.1, -0.05) is 0 Å². The van der Waals surface area contributed by atoms with Crippen LogP contribution in [0.1, 0.15) is 19.8 Å². The molecule has 78 valence electrons. The second-order valence-corrected chi connectivity index (χ2v) is 3.32. The number of hydrogen-bond donors (Lipinski definition) is 1. The predicted octanol–water partition coefficient (Wildman–Crippen LogP) is 1.71. The van der Waals surface area contributed by atoms with Gasteiger partial charge in [0, 0.05) is 19.3 Å². The maximum Gasteiger partial charge on any atom is 0.403 e. The molecule has 0 aromatic heterocycles. The van der Waals surface area contributed by atoms with E-state index in [1.54, 1.807) is 0 Å². The zero-order chi connectivity index (χ0) is 9.90. The number of hydrogen-bond acceptors (Lipinski definition) is 2. The van der Waals surface area contributed by atoms with Gasteiger partial charge in [0.05, 0.1) is 0 Å². The zero-order valence-electron chi connectivity index (χ0n) is 7.53. The van der Waals surface area contributed by atoms with Crippen molar-refractivity contribution in [1.82, 2.24) is 5.32 Å². The summed E-state index contributed by atoms with van der Waals surface area (Å²) in [4.78, 5) is 0. The molecule has 13 heavy (non-hydrogen) atoms. The van der Waals surface area contributed by atoms with Crippen LogP contribution in [0.25, 0.3) is 0 Å². The number of nitrogens with one attached hydrogen (secondary N) is 1. The summed E-state index contributed by atoms with van der Waals surface area (Å²) in [7, 11) is 0. The Morgan fingerprint density at radius 2 is 1.85 bits per heavy atom. The lowest BCUT2D eigenvalue weighted by Crippen LogP contribution is -2.47. The van der Waals surface area contributed by atoms with E-state index in [4.69, 9.17) is 4.74 Å². The fraction of sp³-hybridized carbons (Fsp3) is 1.00. The first-order chi connectivity index (χ1) is 6.00. The minimum Gasteiger partial charge on any atom is -0.381 e. The number of rotatable bonds is 2. The first-order valence-electron chi connectivity index (χ1n) is 4.40. The Morgan fingerprint density at radius 1 is 1.31 bits per heavy atom. The Kier molecular flexibility index (Phi) is 3.55. The monoisotopic (exact) mass is 197 g/mol. The van der Waals surface area contributed by atoms with Crippen molar-refractivity contribution >= 4 is 0 Å². The van der Waals surface area contributed by atoms with Gasteiger partial charge in [-0.05, 0) is 19.8 Å². The minimum absolute atomic E-state index is 0.0506. The van der Waals surface area contributed by atoms with Crippen molar-refractivity contribution in [2.45, 2.75) is 38.0 Å². The Bertz CT molecular complexity index is 154. The molecule has 1 saturated heterocycles. The van der Waals surface area contributed by atoms with Gasteiger partial charge in [0.2, 0.25) is 0 Å². The maximum atomic E-state index is 12.1. The van der Waals surface area contributed by atoms with E-state index in [0.717, 1.165) is 6.92 Å². The van der Waals surface area contributed by atoms with E-state index in [9.17, 15) is 13.2 Å². The van der Waals surface area contributed by atoms with Gasteiger partial charge in [0.15, 0.2) is 0 Å². The fourth-order valence-corrected chi connectivity index (χ4v) is 1.31. The average molecular weight is 197 g/mol. The molecule has 5 heteroatoms. The Labute approximate surface area is 75.4 Å². The van der Waals surface area contributed by atoms with Crippen LogP contribution < -0.4 is 5.32 Å². The molecule has 1 aliphatic heterocycles. The Morgan fingerprint density at radius 3 is 2.31 bits per heavy atom. The number of alkyl halides is 3. The first kappa shape index (κ1) is 10.8. The SMILES string of the molecule is CC(NC1CCOCC1)C(F)(F)F. The van der Waals surface area contributed by atoms with Crippen LogP contribution in [0.4, 0.5) is 13.2 Å². The van der Waals surface area contributed by atoms with Crippen LogP contribution in [-0.4, -0.2) is 31.5 Å². The Hall–Kier alpha value is -0.290. The summed E-state index contributed by atoms with van der Waals surface area (Å²) in [5, 5.41) is 2.55. The summed E-state index contributed by atoms with van der Waals surface area (Å²) in [5.41, 5.74) is 0. The summed E-state index contributed by atoms with van der Waals surface area (Å²) in [6.07, 6.45) is -2.81. The van der Waals surface area contributed by atoms with Crippen molar-refractivity contribution in [2.24, 2.45) is 0 Å². The molecule has 0 saturated carbocycles. The summed E-state index contributed by atoms with van der Waals surface area (Å²) in [6, 6.07) is -1.47. The van der Waals surface area contributed by atoms with Crippen molar-refractivity contribution in [2.75, 3.05) is 13.2 Å². The highest BCUT2D eigenvalue weighted by Crippen LogP contribution is 2.21. The second kappa shape index (κ2) is 4.28. The van der Waals surface area contributed by atoms with Gasteiger partial charge >= 0.3 is 6.18 Å². The third kappa shape index (κ3) is 3.52. The highest BCUT2D eigenvalue weighted by atomic mass is 19.4. The normalized spacial score (nSPS) is 23.1. The van der Waals surface area contributed by atoms with E-state index in [0.29, 0.717) is 26.1 Å². The van der Waals surface area contributed by atoms with Crippen LogP contribution in [-0.2, 0) is 4.74 Å². The lowest BCUT2D eigenvalue weighted by Gasteiger charge is -2.27. The molecule has 2 nitrogen and oxygen atoms in total. The third-order valence-electron chi connectivity index (χ3n) is 2.20. The summed E-state index contributed by atoms with van der Waals surface area (Å²) in [6.45, 7) is 2.26.